The maximum Gasteiger partial charge on any atom is 0.271 e. The summed E-state index contributed by atoms with van der Waals surface area (Å²) >= 11 is 0. The van der Waals surface area contributed by atoms with E-state index in [1.165, 1.54) is 16.4 Å². The van der Waals surface area contributed by atoms with Crippen LogP contribution in [-0.4, -0.2) is 43.8 Å². The van der Waals surface area contributed by atoms with Crippen molar-refractivity contribution in [3.63, 3.8) is 0 Å². The maximum absolute atomic E-state index is 12.9. The highest BCUT2D eigenvalue weighted by atomic mass is 35.5. The zero-order valence-corrected chi connectivity index (χ0v) is 16.5. The summed E-state index contributed by atoms with van der Waals surface area (Å²) in [6, 6.07) is 2.60. The summed E-state index contributed by atoms with van der Waals surface area (Å²) in [5, 5.41) is 14.4. The van der Waals surface area contributed by atoms with Crippen LogP contribution in [0.15, 0.2) is 17.0 Å². The number of nitro benzene ring substituents is 1. The van der Waals surface area contributed by atoms with Crippen molar-refractivity contribution >= 4 is 28.1 Å². The molecule has 0 atom stereocenters. The average Bonchev–Trinajstić information content (AvgIpc) is 2.55. The van der Waals surface area contributed by atoms with Crippen molar-refractivity contribution in [3.8, 4) is 0 Å². The molecular formula is C16H26ClN3O4S. The van der Waals surface area contributed by atoms with E-state index in [4.69, 9.17) is 0 Å². The summed E-state index contributed by atoms with van der Waals surface area (Å²) in [4.78, 5) is 10.6. The Bertz CT molecular complexity index is 716. The summed E-state index contributed by atoms with van der Waals surface area (Å²) in [6.45, 7) is 8.17. The molecule has 7 nitrogen and oxygen atoms in total. The molecule has 1 heterocycles. The number of aryl methyl sites for hydroxylation is 1. The van der Waals surface area contributed by atoms with Gasteiger partial charge in [0.05, 0.1) is 9.82 Å². The van der Waals surface area contributed by atoms with E-state index in [2.05, 4.69) is 5.32 Å². The Morgan fingerprint density at radius 2 is 1.88 bits per heavy atom. The standard InChI is InChI=1S/C16H25N3O4S.ClH/c1-4-17-11-14-5-7-18(8-6-14)24(22,23)16-10-15(19(20)21)9-12(2)13(16)3;/h9-10,14,17H,4-8,11H2,1-3H3;1H. The van der Waals surface area contributed by atoms with E-state index in [1.807, 2.05) is 6.92 Å². The molecule has 0 aromatic heterocycles. The van der Waals surface area contributed by atoms with Gasteiger partial charge in [-0.25, -0.2) is 8.42 Å². The lowest BCUT2D eigenvalue weighted by Crippen LogP contribution is -2.41. The third-order valence-electron chi connectivity index (χ3n) is 4.69. The van der Waals surface area contributed by atoms with E-state index in [0.29, 0.717) is 30.1 Å². The number of sulfonamides is 1. The molecule has 1 aliphatic rings. The highest BCUT2D eigenvalue weighted by Crippen LogP contribution is 2.30. The van der Waals surface area contributed by atoms with Crippen LogP contribution in [0, 0.1) is 29.9 Å². The summed E-state index contributed by atoms with van der Waals surface area (Å²) in [6.07, 6.45) is 1.61. The Morgan fingerprint density at radius 3 is 2.40 bits per heavy atom. The van der Waals surface area contributed by atoms with Gasteiger partial charge in [-0.2, -0.15) is 4.31 Å². The average molecular weight is 392 g/mol. The molecule has 1 aromatic rings. The summed E-state index contributed by atoms with van der Waals surface area (Å²) in [5.41, 5.74) is 1.01. The maximum atomic E-state index is 12.9. The molecule has 1 fully saturated rings. The molecule has 1 N–H and O–H groups in total. The zero-order chi connectivity index (χ0) is 17.9. The molecule has 0 saturated carbocycles. The van der Waals surface area contributed by atoms with Crippen LogP contribution in [0.5, 0.6) is 0 Å². The minimum absolute atomic E-state index is 0. The normalized spacial score (nSPS) is 16.4. The van der Waals surface area contributed by atoms with Crippen LogP contribution in [0.3, 0.4) is 0 Å². The number of hydrogen-bond acceptors (Lipinski definition) is 5. The number of nitro groups is 1. The third kappa shape index (κ3) is 4.91. The summed E-state index contributed by atoms with van der Waals surface area (Å²) in [7, 11) is -3.71. The van der Waals surface area contributed by atoms with Gasteiger partial charge in [0.1, 0.15) is 0 Å². The highest BCUT2D eigenvalue weighted by Gasteiger charge is 2.31. The molecule has 0 radical (unpaired) electrons. The second kappa shape index (κ2) is 8.93. The number of benzene rings is 1. The molecule has 1 saturated heterocycles. The number of rotatable bonds is 6. The number of piperidine rings is 1. The van der Waals surface area contributed by atoms with E-state index in [1.54, 1.807) is 13.8 Å². The minimum Gasteiger partial charge on any atom is -0.317 e. The van der Waals surface area contributed by atoms with Crippen molar-refractivity contribution in [3.05, 3.63) is 33.4 Å². The molecule has 0 spiro atoms. The number of nitrogens with one attached hydrogen (secondary N) is 1. The lowest BCUT2D eigenvalue weighted by Gasteiger charge is -2.31. The Hall–Kier alpha value is -1.22. The molecule has 1 aromatic carbocycles. The largest absolute Gasteiger partial charge is 0.317 e. The first-order chi connectivity index (χ1) is 11.3. The summed E-state index contributed by atoms with van der Waals surface area (Å²) < 4.78 is 27.3. The fourth-order valence-corrected chi connectivity index (χ4v) is 4.81. The van der Waals surface area contributed by atoms with Crippen molar-refractivity contribution < 1.29 is 13.3 Å². The molecule has 142 valence electrons. The van der Waals surface area contributed by atoms with Crippen molar-refractivity contribution in [1.29, 1.82) is 0 Å². The Labute approximate surface area is 155 Å². The smallest absolute Gasteiger partial charge is 0.271 e. The van der Waals surface area contributed by atoms with Gasteiger partial charge < -0.3 is 5.32 Å². The molecular weight excluding hydrogens is 366 g/mol. The van der Waals surface area contributed by atoms with Crippen LogP contribution in [0.1, 0.15) is 30.9 Å². The Balaban J connectivity index is 0.00000312. The summed E-state index contributed by atoms with van der Waals surface area (Å²) in [5.74, 6) is 0.476. The fourth-order valence-electron chi connectivity index (χ4n) is 3.02. The van der Waals surface area contributed by atoms with Gasteiger partial charge in [-0.3, -0.25) is 10.1 Å². The second-order valence-electron chi connectivity index (χ2n) is 6.30. The van der Waals surface area contributed by atoms with E-state index in [0.717, 1.165) is 25.9 Å². The Morgan fingerprint density at radius 1 is 1.28 bits per heavy atom. The SMILES string of the molecule is CCNCC1CCN(S(=O)(=O)c2cc([N+](=O)[O-])cc(C)c2C)CC1.Cl. The molecule has 25 heavy (non-hydrogen) atoms. The third-order valence-corrected chi connectivity index (χ3v) is 6.71. The van der Waals surface area contributed by atoms with Crippen LogP contribution >= 0.6 is 12.4 Å². The van der Waals surface area contributed by atoms with E-state index < -0.39 is 14.9 Å². The lowest BCUT2D eigenvalue weighted by atomic mass is 9.98. The van der Waals surface area contributed by atoms with Gasteiger partial charge in [0.2, 0.25) is 10.0 Å². The first-order valence-electron chi connectivity index (χ1n) is 8.23. The van der Waals surface area contributed by atoms with Crippen molar-refractivity contribution in [1.82, 2.24) is 9.62 Å². The topological polar surface area (TPSA) is 92.6 Å². The van der Waals surface area contributed by atoms with Crippen LogP contribution in [0.4, 0.5) is 5.69 Å². The van der Waals surface area contributed by atoms with Gasteiger partial charge >= 0.3 is 0 Å². The molecule has 0 bridgehead atoms. The lowest BCUT2D eigenvalue weighted by molar-refractivity contribution is -0.385. The Kier molecular flexibility index (Phi) is 7.80. The van der Waals surface area contributed by atoms with Gasteiger partial charge in [-0.05, 0) is 56.8 Å². The number of halogens is 1. The first kappa shape index (κ1) is 21.8. The number of non-ortho nitro benzene ring substituents is 1. The molecule has 1 aliphatic heterocycles. The quantitative estimate of drug-likeness (QED) is 0.594. The second-order valence-corrected chi connectivity index (χ2v) is 8.20. The van der Waals surface area contributed by atoms with Gasteiger partial charge in [0.15, 0.2) is 0 Å². The fraction of sp³-hybridized carbons (Fsp3) is 0.625. The predicted octanol–water partition coefficient (Wildman–Crippen LogP) is 2.64. The molecule has 2 rings (SSSR count). The van der Waals surface area contributed by atoms with Crippen LogP contribution in [0.2, 0.25) is 0 Å². The number of hydrogen-bond donors (Lipinski definition) is 1. The molecule has 9 heteroatoms. The van der Waals surface area contributed by atoms with Gasteiger partial charge in [0, 0.05) is 25.2 Å². The van der Waals surface area contributed by atoms with E-state index in [9.17, 15) is 18.5 Å². The van der Waals surface area contributed by atoms with Crippen LogP contribution in [-0.2, 0) is 10.0 Å². The van der Waals surface area contributed by atoms with Gasteiger partial charge in [-0.1, -0.05) is 6.92 Å². The van der Waals surface area contributed by atoms with Crippen molar-refractivity contribution in [2.24, 2.45) is 5.92 Å². The predicted molar refractivity (Wildman–Crippen MR) is 99.8 cm³/mol. The molecule has 0 amide bonds. The number of nitrogens with zero attached hydrogens (tertiary/aromatic N) is 2. The first-order valence-corrected chi connectivity index (χ1v) is 9.67. The van der Waals surface area contributed by atoms with E-state index in [-0.39, 0.29) is 23.0 Å². The van der Waals surface area contributed by atoms with Crippen molar-refractivity contribution in [2.75, 3.05) is 26.2 Å². The zero-order valence-electron chi connectivity index (χ0n) is 14.8. The van der Waals surface area contributed by atoms with Crippen LogP contribution in [0.25, 0.3) is 0 Å². The van der Waals surface area contributed by atoms with Crippen molar-refractivity contribution in [2.45, 2.75) is 38.5 Å². The minimum atomic E-state index is -3.71. The van der Waals surface area contributed by atoms with Gasteiger partial charge in [-0.15, -0.1) is 12.4 Å². The van der Waals surface area contributed by atoms with Crippen LogP contribution < -0.4 is 5.32 Å². The van der Waals surface area contributed by atoms with Gasteiger partial charge in [0.25, 0.3) is 5.69 Å². The molecule has 0 aliphatic carbocycles. The molecule has 0 unspecified atom stereocenters. The highest BCUT2D eigenvalue weighted by molar-refractivity contribution is 7.89. The van der Waals surface area contributed by atoms with E-state index >= 15 is 0 Å². The monoisotopic (exact) mass is 391 g/mol.